The lowest BCUT2D eigenvalue weighted by molar-refractivity contribution is -0.121. The van der Waals surface area contributed by atoms with Crippen LogP contribution < -0.4 is 14.8 Å². The van der Waals surface area contributed by atoms with E-state index < -0.39 is 0 Å². The molecule has 3 aromatic carbocycles. The molecule has 10 heteroatoms. The third-order valence-corrected chi connectivity index (χ3v) is 7.26. The molecule has 1 saturated heterocycles. The van der Waals surface area contributed by atoms with E-state index in [9.17, 15) is 14.7 Å². The first kappa shape index (κ1) is 24.5. The first-order valence-corrected chi connectivity index (χ1v) is 12.7. The van der Waals surface area contributed by atoms with Crippen molar-refractivity contribution in [2.75, 3.05) is 20.2 Å². The van der Waals surface area contributed by atoms with Gasteiger partial charge in [-0.25, -0.2) is 0 Å². The number of phenols is 1. The van der Waals surface area contributed by atoms with Crippen LogP contribution in [0.25, 0.3) is 5.69 Å². The van der Waals surface area contributed by atoms with Crippen molar-refractivity contribution in [3.8, 4) is 28.7 Å². The highest BCUT2D eigenvalue weighted by atomic mass is 16.5. The van der Waals surface area contributed by atoms with Crippen molar-refractivity contribution in [1.29, 1.82) is 0 Å². The van der Waals surface area contributed by atoms with Crippen molar-refractivity contribution in [1.82, 2.24) is 25.0 Å². The molecule has 2 amide bonds. The number of phenolic OH excluding ortho intramolecular Hbond substituents is 1. The number of nitrogens with one attached hydrogen (secondary N) is 1. The van der Waals surface area contributed by atoms with Gasteiger partial charge in [-0.2, -0.15) is 0 Å². The summed E-state index contributed by atoms with van der Waals surface area (Å²) in [5.74, 6) is 0.832. The van der Waals surface area contributed by atoms with E-state index in [2.05, 4.69) is 15.5 Å². The largest absolute Gasteiger partial charge is 0.504 e. The molecule has 0 aliphatic carbocycles. The number of methoxy groups -OCH3 is 1. The number of aryl methyl sites for hydroxylation is 1. The van der Waals surface area contributed by atoms with Crippen molar-refractivity contribution in [2.24, 2.45) is 0 Å². The standard InChI is InChI=1S/C29H27N5O5/c1-38-25-9-7-19-13-27(25)39-26-11-18(5-8-24(26)35)6-10-28(36)32-23-15-33(14-22(19)23)29(37)20-3-2-4-21(12-20)34-16-30-31-17-34/h2-5,7-9,11-13,16-17,22-23,35H,6,10,14-15H2,1H3,(H,32,36)/t22-,23+/m0/s1. The van der Waals surface area contributed by atoms with Gasteiger partial charge in [-0.15, -0.1) is 10.2 Å². The summed E-state index contributed by atoms with van der Waals surface area (Å²) in [6.45, 7) is 0.772. The number of aromatic hydroxyl groups is 1. The number of hydrogen-bond acceptors (Lipinski definition) is 7. The lowest BCUT2D eigenvalue weighted by Crippen LogP contribution is -2.40. The Labute approximate surface area is 224 Å². The van der Waals surface area contributed by atoms with Crippen LogP contribution in [0.1, 0.15) is 33.8 Å². The predicted octanol–water partition coefficient (Wildman–Crippen LogP) is 3.44. The molecule has 4 aromatic rings. The van der Waals surface area contributed by atoms with Crippen molar-refractivity contribution in [2.45, 2.75) is 24.8 Å². The van der Waals surface area contributed by atoms with Gasteiger partial charge >= 0.3 is 0 Å². The number of hydrogen-bond donors (Lipinski definition) is 2. The van der Waals surface area contributed by atoms with Crippen LogP contribution in [-0.2, 0) is 11.2 Å². The van der Waals surface area contributed by atoms with Gasteiger partial charge in [0.05, 0.1) is 13.2 Å². The molecule has 10 nitrogen and oxygen atoms in total. The van der Waals surface area contributed by atoms with Crippen LogP contribution in [0.5, 0.6) is 23.0 Å². The Balaban J connectivity index is 1.34. The predicted molar refractivity (Wildman–Crippen MR) is 141 cm³/mol. The van der Waals surface area contributed by atoms with Gasteiger partial charge in [0.2, 0.25) is 5.91 Å². The molecule has 0 saturated carbocycles. The quantitative estimate of drug-likeness (QED) is 0.421. The van der Waals surface area contributed by atoms with Gasteiger partial charge in [-0.05, 0) is 60.0 Å². The number of rotatable bonds is 3. The highest BCUT2D eigenvalue weighted by molar-refractivity contribution is 5.95. The monoisotopic (exact) mass is 525 g/mol. The zero-order valence-electron chi connectivity index (χ0n) is 21.3. The molecule has 2 aliphatic heterocycles. The molecule has 2 atom stereocenters. The van der Waals surface area contributed by atoms with E-state index in [4.69, 9.17) is 9.47 Å². The third kappa shape index (κ3) is 4.88. The van der Waals surface area contributed by atoms with Crippen molar-refractivity contribution < 1.29 is 24.2 Å². The SMILES string of the molecule is COc1ccc2cc1Oc1cc(ccc1O)CCC(=O)N[C@@H]1CN(C(=O)c3cccc(-n4cnnc4)c3)C[C@@H]21. The fourth-order valence-electron chi connectivity index (χ4n) is 5.22. The van der Waals surface area contributed by atoms with E-state index >= 15 is 0 Å². The van der Waals surface area contributed by atoms with E-state index in [1.54, 1.807) is 65.6 Å². The fraction of sp³-hybridized carbons (Fsp3) is 0.241. The summed E-state index contributed by atoms with van der Waals surface area (Å²) < 4.78 is 13.4. The Kier molecular flexibility index (Phi) is 6.36. The van der Waals surface area contributed by atoms with Crippen LogP contribution in [0.2, 0.25) is 0 Å². The summed E-state index contributed by atoms with van der Waals surface area (Å²) in [4.78, 5) is 28.4. The third-order valence-electron chi connectivity index (χ3n) is 7.26. The molecule has 0 radical (unpaired) electrons. The average molecular weight is 526 g/mol. The Morgan fingerprint density at radius 1 is 1.03 bits per heavy atom. The lowest BCUT2D eigenvalue weighted by atomic mass is 9.93. The summed E-state index contributed by atoms with van der Waals surface area (Å²) in [7, 11) is 1.55. The molecule has 198 valence electrons. The number of amides is 2. The van der Waals surface area contributed by atoms with E-state index in [1.165, 1.54) is 0 Å². The molecular weight excluding hydrogens is 498 g/mol. The summed E-state index contributed by atoms with van der Waals surface area (Å²) in [5, 5.41) is 21.3. The van der Waals surface area contributed by atoms with Gasteiger partial charge in [-0.3, -0.25) is 14.2 Å². The van der Waals surface area contributed by atoms with Crippen LogP contribution in [-0.4, -0.2) is 62.8 Å². The fourth-order valence-corrected chi connectivity index (χ4v) is 5.22. The van der Waals surface area contributed by atoms with E-state index in [0.717, 1.165) is 16.8 Å². The minimum absolute atomic E-state index is 0.00486. The molecular formula is C29H27N5O5. The molecule has 1 aromatic heterocycles. The average Bonchev–Trinajstić information content (AvgIpc) is 3.64. The van der Waals surface area contributed by atoms with Gasteiger partial charge in [0.15, 0.2) is 23.0 Å². The zero-order valence-corrected chi connectivity index (χ0v) is 21.3. The van der Waals surface area contributed by atoms with Gasteiger partial charge in [-0.1, -0.05) is 18.2 Å². The number of carbonyl (C=O) groups is 2. The number of fused-ring (bicyclic) bond motifs is 6. The van der Waals surface area contributed by atoms with Crippen LogP contribution in [0.3, 0.4) is 0 Å². The van der Waals surface area contributed by atoms with Crippen molar-refractivity contribution >= 4 is 11.8 Å². The first-order valence-electron chi connectivity index (χ1n) is 12.7. The molecule has 3 heterocycles. The normalized spacial score (nSPS) is 18.6. The van der Waals surface area contributed by atoms with E-state index in [1.807, 2.05) is 24.3 Å². The molecule has 1 fully saturated rings. The summed E-state index contributed by atoms with van der Waals surface area (Å²) in [5.41, 5.74) is 3.07. The summed E-state index contributed by atoms with van der Waals surface area (Å²) in [6.07, 6.45) is 3.90. The maximum atomic E-state index is 13.6. The molecule has 0 spiro atoms. The maximum Gasteiger partial charge on any atom is 0.254 e. The molecule has 2 N–H and O–H groups in total. The Hall–Kier alpha value is -4.86. The van der Waals surface area contributed by atoms with Gasteiger partial charge in [0, 0.05) is 36.7 Å². The number of carbonyl (C=O) groups excluding carboxylic acids is 2. The van der Waals surface area contributed by atoms with Crippen LogP contribution in [0.15, 0.2) is 73.3 Å². The zero-order chi connectivity index (χ0) is 26.9. The van der Waals surface area contributed by atoms with Crippen LogP contribution in [0.4, 0.5) is 0 Å². The number of ether oxygens (including phenoxy) is 2. The Morgan fingerprint density at radius 2 is 1.87 bits per heavy atom. The summed E-state index contributed by atoms with van der Waals surface area (Å²) in [6, 6.07) is 17.7. The summed E-state index contributed by atoms with van der Waals surface area (Å²) >= 11 is 0. The lowest BCUT2D eigenvalue weighted by Gasteiger charge is -2.21. The number of nitrogens with zero attached hydrogens (tertiary/aromatic N) is 4. The van der Waals surface area contributed by atoms with Gasteiger partial charge in [0.25, 0.3) is 5.91 Å². The highest BCUT2D eigenvalue weighted by Crippen LogP contribution is 2.40. The van der Waals surface area contributed by atoms with E-state index in [0.29, 0.717) is 36.6 Å². The van der Waals surface area contributed by atoms with Crippen molar-refractivity contribution in [3.63, 3.8) is 0 Å². The Morgan fingerprint density at radius 3 is 2.69 bits per heavy atom. The second kappa shape index (κ2) is 10.1. The molecule has 0 unspecified atom stereocenters. The molecule has 4 bridgehead atoms. The minimum atomic E-state index is -0.291. The van der Waals surface area contributed by atoms with Gasteiger partial charge in [0.1, 0.15) is 12.7 Å². The minimum Gasteiger partial charge on any atom is -0.504 e. The first-order chi connectivity index (χ1) is 19.0. The van der Waals surface area contributed by atoms with Gasteiger partial charge < -0.3 is 24.8 Å². The van der Waals surface area contributed by atoms with Crippen LogP contribution >= 0.6 is 0 Å². The second-order valence-electron chi connectivity index (χ2n) is 9.72. The number of benzene rings is 3. The highest BCUT2D eigenvalue weighted by Gasteiger charge is 2.38. The molecule has 2 aliphatic rings. The topological polar surface area (TPSA) is 119 Å². The van der Waals surface area contributed by atoms with E-state index in [-0.39, 0.29) is 41.7 Å². The van der Waals surface area contributed by atoms with Crippen molar-refractivity contribution in [3.05, 3.63) is 90.0 Å². The number of aromatic nitrogens is 3. The van der Waals surface area contributed by atoms with Crippen LogP contribution in [0, 0.1) is 0 Å². The second-order valence-corrected chi connectivity index (χ2v) is 9.72. The smallest absolute Gasteiger partial charge is 0.254 e. The molecule has 6 rings (SSSR count). The maximum absolute atomic E-state index is 13.6. The molecule has 39 heavy (non-hydrogen) atoms. The Bertz CT molecular complexity index is 1540. The number of likely N-dealkylation sites (tertiary alicyclic amines) is 1.